The summed E-state index contributed by atoms with van der Waals surface area (Å²) >= 11 is 0. The second-order valence-corrected chi connectivity index (χ2v) is 8.07. The predicted octanol–water partition coefficient (Wildman–Crippen LogP) is 5.42. The van der Waals surface area contributed by atoms with Gasteiger partial charge in [-0.2, -0.15) is 14.0 Å². The molecule has 2 aliphatic rings. The van der Waals surface area contributed by atoms with Crippen LogP contribution in [0.1, 0.15) is 35.5 Å². The smallest absolute Gasteiger partial charge is 0.387 e. The number of halogens is 3. The lowest BCUT2D eigenvalue weighted by Crippen LogP contribution is -2.13. The molecule has 0 bridgehead atoms. The molecule has 32 heavy (non-hydrogen) atoms. The molecule has 2 aromatic carbocycles. The molecule has 0 radical (unpaired) electrons. The van der Waals surface area contributed by atoms with E-state index in [9.17, 15) is 13.2 Å². The van der Waals surface area contributed by atoms with Gasteiger partial charge in [0.15, 0.2) is 0 Å². The predicted molar refractivity (Wildman–Crippen MR) is 110 cm³/mol. The SMILES string of the molecule is N#Cc1ccc(-c2cc3c(cc2F)nc2n3[C@@H](c3ccccc3OC(F)F)C3C[C@@H]23)cn1. The number of aromatic nitrogens is 3. The number of hydrogen-bond acceptors (Lipinski definition) is 4. The summed E-state index contributed by atoms with van der Waals surface area (Å²) in [4.78, 5) is 8.72. The van der Waals surface area contributed by atoms with Crippen molar-refractivity contribution < 1.29 is 17.9 Å². The first kappa shape index (κ1) is 18.9. The molecule has 0 saturated heterocycles. The molecule has 0 amide bonds. The molecule has 3 heterocycles. The van der Waals surface area contributed by atoms with Crippen molar-refractivity contribution in [2.24, 2.45) is 5.92 Å². The van der Waals surface area contributed by atoms with Crippen LogP contribution in [0.5, 0.6) is 5.75 Å². The number of pyridine rings is 1. The number of ether oxygens (including phenoxy) is 1. The Morgan fingerprint density at radius 3 is 2.75 bits per heavy atom. The number of rotatable bonds is 4. The lowest BCUT2D eigenvalue weighted by atomic mass is 10.0. The summed E-state index contributed by atoms with van der Waals surface area (Å²) in [5.41, 5.74) is 3.05. The fourth-order valence-corrected chi connectivity index (χ4v) is 4.88. The van der Waals surface area contributed by atoms with Crippen LogP contribution in [0, 0.1) is 23.1 Å². The van der Waals surface area contributed by atoms with Crippen molar-refractivity contribution in [2.75, 3.05) is 0 Å². The summed E-state index contributed by atoms with van der Waals surface area (Å²) in [5, 5.41) is 8.96. The van der Waals surface area contributed by atoms with E-state index in [1.807, 2.05) is 10.6 Å². The molecule has 4 aromatic rings. The fourth-order valence-electron chi connectivity index (χ4n) is 4.88. The Morgan fingerprint density at radius 2 is 2.00 bits per heavy atom. The monoisotopic (exact) mass is 432 g/mol. The van der Waals surface area contributed by atoms with E-state index in [1.165, 1.54) is 18.3 Å². The van der Waals surface area contributed by atoms with Gasteiger partial charge in [-0.15, -0.1) is 0 Å². The number of imidazole rings is 1. The maximum atomic E-state index is 14.9. The normalized spacial score (nSPS) is 20.8. The minimum absolute atomic E-state index is 0.145. The van der Waals surface area contributed by atoms with Crippen LogP contribution >= 0.6 is 0 Å². The summed E-state index contributed by atoms with van der Waals surface area (Å²) in [6.07, 6.45) is 2.37. The van der Waals surface area contributed by atoms with Gasteiger partial charge in [0.2, 0.25) is 0 Å². The summed E-state index contributed by atoms with van der Waals surface area (Å²) in [7, 11) is 0. The highest BCUT2D eigenvalue weighted by Gasteiger charge is 2.55. The first-order valence-corrected chi connectivity index (χ1v) is 10.2. The molecule has 1 aliphatic carbocycles. The van der Waals surface area contributed by atoms with E-state index in [-0.39, 0.29) is 29.3 Å². The molecular weight excluding hydrogens is 417 g/mol. The van der Waals surface area contributed by atoms with Gasteiger partial charge in [-0.05, 0) is 36.6 Å². The maximum Gasteiger partial charge on any atom is 0.387 e. The van der Waals surface area contributed by atoms with E-state index < -0.39 is 12.4 Å². The van der Waals surface area contributed by atoms with Gasteiger partial charge >= 0.3 is 6.61 Å². The fraction of sp³-hybridized carbons (Fsp3) is 0.208. The van der Waals surface area contributed by atoms with Crippen molar-refractivity contribution in [1.82, 2.24) is 14.5 Å². The van der Waals surface area contributed by atoms with Crippen molar-refractivity contribution in [2.45, 2.75) is 25.0 Å². The Morgan fingerprint density at radius 1 is 1.16 bits per heavy atom. The molecule has 5 nitrogen and oxygen atoms in total. The topological polar surface area (TPSA) is 63.7 Å². The minimum Gasteiger partial charge on any atom is -0.434 e. The van der Waals surface area contributed by atoms with Gasteiger partial charge in [-0.1, -0.05) is 18.2 Å². The first-order valence-electron chi connectivity index (χ1n) is 10.2. The Labute approximate surface area is 180 Å². The maximum absolute atomic E-state index is 14.9. The summed E-state index contributed by atoms with van der Waals surface area (Å²) in [6.45, 7) is -2.92. The van der Waals surface area contributed by atoms with E-state index in [4.69, 9.17) is 10.00 Å². The molecule has 1 unspecified atom stereocenters. The van der Waals surface area contributed by atoms with E-state index in [1.54, 1.807) is 36.4 Å². The Bertz CT molecular complexity index is 1410. The van der Waals surface area contributed by atoms with Gasteiger partial charge in [0.05, 0.1) is 17.1 Å². The minimum atomic E-state index is -2.92. The van der Waals surface area contributed by atoms with Gasteiger partial charge in [-0.25, -0.2) is 14.4 Å². The number of para-hydroxylation sites is 1. The van der Waals surface area contributed by atoms with Crippen molar-refractivity contribution in [3.63, 3.8) is 0 Å². The highest BCUT2D eigenvalue weighted by atomic mass is 19.3. The van der Waals surface area contributed by atoms with Crippen LogP contribution in [0.15, 0.2) is 54.7 Å². The number of alkyl halides is 2. The van der Waals surface area contributed by atoms with Crippen LogP contribution in [0.25, 0.3) is 22.2 Å². The van der Waals surface area contributed by atoms with E-state index in [0.29, 0.717) is 22.2 Å². The number of fused-ring (bicyclic) bond motifs is 5. The molecule has 0 spiro atoms. The van der Waals surface area contributed by atoms with Crippen LogP contribution in [0.3, 0.4) is 0 Å². The molecular formula is C24H15F3N4O. The highest BCUT2D eigenvalue weighted by molar-refractivity contribution is 5.84. The number of nitriles is 1. The number of benzene rings is 2. The number of nitrogens with zero attached hydrogens (tertiary/aromatic N) is 4. The van der Waals surface area contributed by atoms with Crippen LogP contribution in [-0.4, -0.2) is 21.1 Å². The van der Waals surface area contributed by atoms with Gasteiger partial charge < -0.3 is 9.30 Å². The van der Waals surface area contributed by atoms with Crippen molar-refractivity contribution in [3.8, 4) is 22.9 Å². The lowest BCUT2D eigenvalue weighted by Gasteiger charge is -2.21. The van der Waals surface area contributed by atoms with E-state index in [2.05, 4.69) is 9.97 Å². The van der Waals surface area contributed by atoms with E-state index >= 15 is 0 Å². The molecule has 8 heteroatoms. The number of hydrogen-bond donors (Lipinski definition) is 0. The summed E-state index contributed by atoms with van der Waals surface area (Å²) in [6, 6.07) is 14.8. The van der Waals surface area contributed by atoms with Gasteiger partial charge in [-0.3, -0.25) is 0 Å². The third kappa shape index (κ3) is 2.78. The molecule has 2 aromatic heterocycles. The third-order valence-corrected chi connectivity index (χ3v) is 6.30. The zero-order chi connectivity index (χ0) is 22.0. The molecule has 0 N–H and O–H groups in total. The molecule has 158 valence electrons. The molecule has 3 atom stereocenters. The largest absolute Gasteiger partial charge is 0.434 e. The van der Waals surface area contributed by atoms with Crippen molar-refractivity contribution in [3.05, 3.63) is 77.6 Å². The molecule has 1 saturated carbocycles. The lowest BCUT2D eigenvalue weighted by molar-refractivity contribution is -0.0507. The average Bonchev–Trinajstić information content (AvgIpc) is 3.39. The standard InChI is InChI=1S/C24H15F3N4O/c25-18-9-19-20(8-15(18)12-5-6-13(10-28)29-11-12)31-22(16-7-17(16)23(31)30-19)14-3-1-2-4-21(14)32-24(26)27/h1-6,8-9,11,16-17,22,24H,7H2/t16?,17-,22+/m1/s1. The van der Waals surface area contributed by atoms with Gasteiger partial charge in [0.25, 0.3) is 0 Å². The summed E-state index contributed by atoms with van der Waals surface area (Å²) in [5.74, 6) is 1.01. The quantitative estimate of drug-likeness (QED) is 0.432. The Balaban J connectivity index is 1.52. The van der Waals surface area contributed by atoms with Crippen LogP contribution in [0.4, 0.5) is 13.2 Å². The second kappa shape index (κ2) is 6.82. The zero-order valence-electron chi connectivity index (χ0n) is 16.5. The zero-order valence-corrected chi connectivity index (χ0v) is 16.5. The van der Waals surface area contributed by atoms with Crippen molar-refractivity contribution in [1.29, 1.82) is 5.26 Å². The molecule has 1 aliphatic heterocycles. The van der Waals surface area contributed by atoms with Gasteiger partial charge in [0, 0.05) is 34.9 Å². The Hall–Kier alpha value is -3.86. The van der Waals surface area contributed by atoms with Crippen LogP contribution in [0.2, 0.25) is 0 Å². The first-order chi connectivity index (χ1) is 15.5. The third-order valence-electron chi connectivity index (χ3n) is 6.30. The second-order valence-electron chi connectivity index (χ2n) is 8.07. The van der Waals surface area contributed by atoms with Gasteiger partial charge in [0.1, 0.15) is 29.2 Å². The molecule has 6 rings (SSSR count). The van der Waals surface area contributed by atoms with Crippen molar-refractivity contribution >= 4 is 11.0 Å². The van der Waals surface area contributed by atoms with Crippen LogP contribution < -0.4 is 4.74 Å². The van der Waals surface area contributed by atoms with E-state index in [0.717, 1.165) is 17.8 Å². The highest BCUT2D eigenvalue weighted by Crippen LogP contribution is 2.63. The molecule has 1 fully saturated rings. The summed E-state index contributed by atoms with van der Waals surface area (Å²) < 4.78 is 47.8. The van der Waals surface area contributed by atoms with Crippen LogP contribution in [-0.2, 0) is 0 Å². The average molecular weight is 432 g/mol. The Kier molecular flexibility index (Phi) is 4.02.